The van der Waals surface area contributed by atoms with Crippen molar-refractivity contribution in [2.75, 3.05) is 0 Å². The van der Waals surface area contributed by atoms with Crippen LogP contribution in [0.4, 0.5) is 0 Å². The first-order chi connectivity index (χ1) is 9.33. The third-order valence-electron chi connectivity index (χ3n) is 3.76. The first kappa shape index (κ1) is 11.1. The van der Waals surface area contributed by atoms with E-state index in [1.54, 1.807) is 0 Å². The Morgan fingerprint density at radius 3 is 3.00 bits per heavy atom. The van der Waals surface area contributed by atoms with Gasteiger partial charge in [-0.05, 0) is 25.0 Å². The zero-order chi connectivity index (χ0) is 12.8. The van der Waals surface area contributed by atoms with Crippen LogP contribution in [0.3, 0.4) is 0 Å². The van der Waals surface area contributed by atoms with E-state index in [2.05, 4.69) is 32.4 Å². The predicted octanol–water partition coefficient (Wildman–Crippen LogP) is 3.87. The van der Waals surface area contributed by atoms with Crippen molar-refractivity contribution in [1.82, 2.24) is 14.1 Å². The second-order valence-electron chi connectivity index (χ2n) is 5.14. The van der Waals surface area contributed by atoms with Gasteiger partial charge in [0, 0.05) is 23.8 Å². The van der Waals surface area contributed by atoms with Gasteiger partial charge in [0.15, 0.2) is 0 Å². The fraction of sp³-hybridized carbons (Fsp3) is 0.267. The van der Waals surface area contributed by atoms with Crippen molar-refractivity contribution in [1.29, 1.82) is 0 Å². The van der Waals surface area contributed by atoms with Gasteiger partial charge in [0.05, 0.1) is 29.1 Å². The van der Waals surface area contributed by atoms with E-state index in [1.165, 1.54) is 23.9 Å². The molecule has 0 radical (unpaired) electrons. The van der Waals surface area contributed by atoms with E-state index < -0.39 is 0 Å². The van der Waals surface area contributed by atoms with Crippen LogP contribution < -0.4 is 0 Å². The van der Waals surface area contributed by atoms with Gasteiger partial charge in [-0.3, -0.25) is 0 Å². The first-order valence-corrected chi connectivity index (χ1v) is 6.95. The largest absolute Gasteiger partial charge is 0.340 e. The van der Waals surface area contributed by atoms with Crippen molar-refractivity contribution >= 4 is 22.5 Å². The van der Waals surface area contributed by atoms with Crippen LogP contribution in [-0.2, 0) is 6.54 Å². The maximum atomic E-state index is 6.32. The number of rotatable bonds is 3. The van der Waals surface area contributed by atoms with E-state index >= 15 is 0 Å². The highest BCUT2D eigenvalue weighted by Gasteiger charge is 2.25. The molecule has 19 heavy (non-hydrogen) atoms. The maximum absolute atomic E-state index is 6.32. The molecule has 1 fully saturated rings. The molecule has 1 aromatic carbocycles. The van der Waals surface area contributed by atoms with Gasteiger partial charge in [0.2, 0.25) is 0 Å². The van der Waals surface area contributed by atoms with E-state index in [-0.39, 0.29) is 0 Å². The van der Waals surface area contributed by atoms with Gasteiger partial charge in [-0.25, -0.2) is 4.98 Å². The van der Waals surface area contributed by atoms with E-state index in [0.717, 1.165) is 17.1 Å². The summed E-state index contributed by atoms with van der Waals surface area (Å²) in [5.74, 6) is 0. The molecule has 2 heterocycles. The summed E-state index contributed by atoms with van der Waals surface area (Å²) >= 11 is 6.32. The smallest absolute Gasteiger partial charge is 0.0951 e. The van der Waals surface area contributed by atoms with Crippen molar-refractivity contribution in [3.05, 3.63) is 53.7 Å². The molecule has 3 aromatic rings. The van der Waals surface area contributed by atoms with Gasteiger partial charge < -0.3 is 9.13 Å². The Hall–Kier alpha value is -1.74. The summed E-state index contributed by atoms with van der Waals surface area (Å²) in [6.45, 7) is 0.823. The second kappa shape index (κ2) is 4.14. The summed E-state index contributed by atoms with van der Waals surface area (Å²) in [5.41, 5.74) is 2.35. The Labute approximate surface area is 116 Å². The van der Waals surface area contributed by atoms with Crippen molar-refractivity contribution < 1.29 is 0 Å². The zero-order valence-corrected chi connectivity index (χ0v) is 11.2. The Bertz CT molecular complexity index is 737. The number of halogens is 1. The molecule has 3 nitrogen and oxygen atoms in total. The lowest BCUT2D eigenvalue weighted by atomic mass is 10.2. The van der Waals surface area contributed by atoms with Crippen LogP contribution in [0.15, 0.2) is 43.0 Å². The zero-order valence-electron chi connectivity index (χ0n) is 10.5. The SMILES string of the molecule is Clc1cccc2ccn(Cc3cncn3C3CC3)c12. The quantitative estimate of drug-likeness (QED) is 0.709. The van der Waals surface area contributed by atoms with Crippen molar-refractivity contribution in [2.45, 2.75) is 25.4 Å². The average molecular weight is 272 g/mol. The fourth-order valence-corrected chi connectivity index (χ4v) is 2.95. The van der Waals surface area contributed by atoms with Gasteiger partial charge in [-0.1, -0.05) is 23.7 Å². The van der Waals surface area contributed by atoms with Crippen LogP contribution in [-0.4, -0.2) is 14.1 Å². The molecule has 0 bridgehead atoms. The van der Waals surface area contributed by atoms with Gasteiger partial charge in [0.25, 0.3) is 0 Å². The van der Waals surface area contributed by atoms with Gasteiger partial charge in [0.1, 0.15) is 0 Å². The molecule has 0 aliphatic heterocycles. The van der Waals surface area contributed by atoms with E-state index in [1.807, 2.05) is 24.7 Å². The molecule has 1 aliphatic carbocycles. The number of hydrogen-bond acceptors (Lipinski definition) is 1. The highest BCUT2D eigenvalue weighted by molar-refractivity contribution is 6.35. The van der Waals surface area contributed by atoms with Crippen LogP contribution in [0.5, 0.6) is 0 Å². The monoisotopic (exact) mass is 271 g/mol. The standard InChI is InChI=1S/C15H14ClN3/c16-14-3-1-2-11-6-7-18(15(11)14)9-13-8-17-10-19(13)12-4-5-12/h1-3,6-8,10,12H,4-5,9H2. The van der Waals surface area contributed by atoms with Crippen LogP contribution in [0, 0.1) is 0 Å². The molecule has 4 heteroatoms. The van der Waals surface area contributed by atoms with E-state index in [0.29, 0.717) is 6.04 Å². The number of benzene rings is 1. The van der Waals surface area contributed by atoms with Crippen molar-refractivity contribution in [3.63, 3.8) is 0 Å². The van der Waals surface area contributed by atoms with E-state index in [4.69, 9.17) is 11.6 Å². The third kappa shape index (κ3) is 1.85. The fourth-order valence-electron chi connectivity index (χ4n) is 2.66. The van der Waals surface area contributed by atoms with Crippen molar-refractivity contribution in [3.8, 4) is 0 Å². The molecule has 0 spiro atoms. The highest BCUT2D eigenvalue weighted by atomic mass is 35.5. The first-order valence-electron chi connectivity index (χ1n) is 6.57. The lowest BCUT2D eigenvalue weighted by molar-refractivity contribution is 0.665. The Balaban J connectivity index is 1.76. The van der Waals surface area contributed by atoms with Gasteiger partial charge in [-0.15, -0.1) is 0 Å². The minimum atomic E-state index is 0.662. The van der Waals surface area contributed by atoms with Crippen LogP contribution in [0.25, 0.3) is 10.9 Å². The van der Waals surface area contributed by atoms with Gasteiger partial charge in [-0.2, -0.15) is 0 Å². The summed E-state index contributed by atoms with van der Waals surface area (Å²) in [4.78, 5) is 4.28. The number of fused-ring (bicyclic) bond motifs is 1. The lowest BCUT2D eigenvalue weighted by Crippen LogP contribution is -2.05. The predicted molar refractivity (Wildman–Crippen MR) is 76.5 cm³/mol. The lowest BCUT2D eigenvalue weighted by Gasteiger charge is -2.09. The molecule has 0 N–H and O–H groups in total. The molecule has 4 rings (SSSR count). The molecule has 1 saturated carbocycles. The van der Waals surface area contributed by atoms with Crippen LogP contribution >= 0.6 is 11.6 Å². The van der Waals surface area contributed by atoms with Gasteiger partial charge >= 0.3 is 0 Å². The molecule has 0 amide bonds. The summed E-state index contributed by atoms with van der Waals surface area (Å²) in [6, 6.07) is 8.80. The number of para-hydroxylation sites is 1. The van der Waals surface area contributed by atoms with Crippen LogP contribution in [0.2, 0.25) is 5.02 Å². The molecule has 0 saturated heterocycles. The Kier molecular flexibility index (Phi) is 2.42. The normalized spacial score (nSPS) is 15.2. The average Bonchev–Trinajstić information content (AvgIpc) is 3.01. The number of aromatic nitrogens is 3. The Morgan fingerprint density at radius 1 is 1.26 bits per heavy atom. The number of hydrogen-bond donors (Lipinski definition) is 0. The molecule has 0 atom stereocenters. The minimum Gasteiger partial charge on any atom is -0.340 e. The summed E-state index contributed by atoms with van der Waals surface area (Å²) < 4.78 is 4.50. The number of nitrogens with zero attached hydrogens (tertiary/aromatic N) is 3. The summed E-state index contributed by atoms with van der Waals surface area (Å²) in [7, 11) is 0. The summed E-state index contributed by atoms with van der Waals surface area (Å²) in [6.07, 6.45) is 8.55. The van der Waals surface area contributed by atoms with E-state index in [9.17, 15) is 0 Å². The van der Waals surface area contributed by atoms with Crippen LogP contribution in [0.1, 0.15) is 24.6 Å². The molecular formula is C15H14ClN3. The maximum Gasteiger partial charge on any atom is 0.0951 e. The second-order valence-corrected chi connectivity index (χ2v) is 5.55. The molecule has 2 aromatic heterocycles. The third-order valence-corrected chi connectivity index (χ3v) is 4.06. The minimum absolute atomic E-state index is 0.662. The summed E-state index contributed by atoms with van der Waals surface area (Å²) in [5, 5.41) is 1.99. The molecule has 1 aliphatic rings. The Morgan fingerprint density at radius 2 is 2.16 bits per heavy atom. The molecule has 96 valence electrons. The molecule has 0 unspecified atom stereocenters. The molecular weight excluding hydrogens is 258 g/mol. The number of imidazole rings is 1. The highest BCUT2D eigenvalue weighted by Crippen LogP contribution is 2.36. The van der Waals surface area contributed by atoms with Crippen molar-refractivity contribution in [2.24, 2.45) is 0 Å². The topological polar surface area (TPSA) is 22.8 Å².